The van der Waals surface area contributed by atoms with E-state index in [4.69, 9.17) is 4.74 Å². The second-order valence-electron chi connectivity index (χ2n) is 5.94. The Morgan fingerprint density at radius 1 is 1.42 bits per heavy atom. The summed E-state index contributed by atoms with van der Waals surface area (Å²) in [6.07, 6.45) is -0.880. The summed E-state index contributed by atoms with van der Waals surface area (Å²) >= 11 is 0. The van der Waals surface area contributed by atoms with Crippen LogP contribution in [-0.4, -0.2) is 35.9 Å². The molecular formula is C15H21NO3. The van der Waals surface area contributed by atoms with Crippen molar-refractivity contribution in [3.8, 4) is 0 Å². The van der Waals surface area contributed by atoms with Crippen molar-refractivity contribution in [1.29, 1.82) is 0 Å². The first-order chi connectivity index (χ1) is 8.89. The zero-order valence-corrected chi connectivity index (χ0v) is 11.7. The predicted molar refractivity (Wildman–Crippen MR) is 73.4 cm³/mol. The van der Waals surface area contributed by atoms with E-state index < -0.39 is 6.09 Å². The van der Waals surface area contributed by atoms with Crippen molar-refractivity contribution in [2.24, 2.45) is 0 Å². The second kappa shape index (κ2) is 5.21. The van der Waals surface area contributed by atoms with Gasteiger partial charge in [0.05, 0.1) is 19.3 Å². The first-order valence-corrected chi connectivity index (χ1v) is 6.57. The molecule has 104 valence electrons. The maximum Gasteiger partial charge on any atom is 0.407 e. The van der Waals surface area contributed by atoms with Gasteiger partial charge in [0, 0.05) is 6.54 Å². The van der Waals surface area contributed by atoms with Gasteiger partial charge in [-0.3, -0.25) is 4.90 Å². The summed E-state index contributed by atoms with van der Waals surface area (Å²) < 4.78 is 5.44. The molecule has 1 saturated heterocycles. The summed E-state index contributed by atoms with van der Waals surface area (Å²) in [5, 5.41) is 9.27. The molecule has 0 aromatic heterocycles. The number of hydrogen-bond acceptors (Lipinski definition) is 2. The molecule has 1 heterocycles. The van der Waals surface area contributed by atoms with Gasteiger partial charge >= 0.3 is 6.09 Å². The fourth-order valence-corrected chi connectivity index (χ4v) is 2.32. The molecule has 1 aromatic rings. The molecule has 4 heteroatoms. The minimum Gasteiger partial charge on any atom is -0.465 e. The van der Waals surface area contributed by atoms with Crippen LogP contribution in [0.2, 0.25) is 0 Å². The molecule has 0 radical (unpaired) electrons. The highest BCUT2D eigenvalue weighted by Gasteiger charge is 2.29. The average Bonchev–Trinajstić information content (AvgIpc) is 2.38. The molecule has 1 fully saturated rings. The number of carboxylic acid groups (broad SMARTS) is 1. The number of amides is 1. The molecule has 19 heavy (non-hydrogen) atoms. The third-order valence-corrected chi connectivity index (χ3v) is 3.51. The predicted octanol–water partition coefficient (Wildman–Crippen LogP) is 3.04. The van der Waals surface area contributed by atoms with E-state index >= 15 is 0 Å². The summed E-state index contributed by atoms with van der Waals surface area (Å²) in [5.41, 5.74) is 2.27. The zero-order chi connectivity index (χ0) is 14.0. The summed E-state index contributed by atoms with van der Waals surface area (Å²) in [5.74, 6) is 0. The van der Waals surface area contributed by atoms with Crippen LogP contribution in [-0.2, 0) is 10.2 Å². The van der Waals surface area contributed by atoms with Crippen molar-refractivity contribution in [1.82, 2.24) is 4.90 Å². The van der Waals surface area contributed by atoms with Gasteiger partial charge in [0.25, 0.3) is 0 Å². The fourth-order valence-electron chi connectivity index (χ4n) is 2.32. The first kappa shape index (κ1) is 13.9. The molecule has 1 atom stereocenters. The van der Waals surface area contributed by atoms with E-state index in [-0.39, 0.29) is 11.5 Å². The van der Waals surface area contributed by atoms with Gasteiger partial charge in [-0.2, -0.15) is 0 Å². The van der Waals surface area contributed by atoms with Crippen LogP contribution in [0, 0.1) is 0 Å². The monoisotopic (exact) mass is 263 g/mol. The molecule has 1 unspecified atom stereocenters. The highest BCUT2D eigenvalue weighted by atomic mass is 16.5. The van der Waals surface area contributed by atoms with Crippen LogP contribution in [0.25, 0.3) is 0 Å². The number of carbonyl (C=O) groups is 1. The fraction of sp³-hybridized carbons (Fsp3) is 0.533. The van der Waals surface area contributed by atoms with Crippen LogP contribution in [0.1, 0.15) is 37.9 Å². The standard InChI is InChI=1S/C15H21NO3/c1-15(2,3)12-6-4-5-11(9-12)13-10-19-8-7-16(13)14(17)18/h4-6,9,13H,7-8,10H2,1-3H3,(H,17,18). The minimum absolute atomic E-state index is 0.0551. The number of hydrogen-bond donors (Lipinski definition) is 1. The summed E-state index contributed by atoms with van der Waals surface area (Å²) in [6, 6.07) is 7.94. The Balaban J connectivity index is 2.32. The highest BCUT2D eigenvalue weighted by Crippen LogP contribution is 2.29. The van der Waals surface area contributed by atoms with E-state index in [9.17, 15) is 9.90 Å². The topological polar surface area (TPSA) is 49.8 Å². The lowest BCUT2D eigenvalue weighted by atomic mass is 9.85. The van der Waals surface area contributed by atoms with Crippen molar-refractivity contribution in [2.75, 3.05) is 19.8 Å². The second-order valence-corrected chi connectivity index (χ2v) is 5.94. The van der Waals surface area contributed by atoms with E-state index in [0.29, 0.717) is 19.8 Å². The molecule has 0 aliphatic carbocycles. The van der Waals surface area contributed by atoms with Crippen LogP contribution in [0.5, 0.6) is 0 Å². The molecular weight excluding hydrogens is 242 g/mol. The Morgan fingerprint density at radius 3 is 2.79 bits per heavy atom. The molecule has 1 N–H and O–H groups in total. The largest absolute Gasteiger partial charge is 0.465 e. The maximum absolute atomic E-state index is 11.3. The Hall–Kier alpha value is -1.55. The number of rotatable bonds is 1. The molecule has 0 bridgehead atoms. The number of morpholine rings is 1. The van der Waals surface area contributed by atoms with Crippen molar-refractivity contribution in [2.45, 2.75) is 32.2 Å². The summed E-state index contributed by atoms with van der Waals surface area (Å²) in [7, 11) is 0. The number of benzene rings is 1. The van der Waals surface area contributed by atoms with Gasteiger partial charge in [-0.1, -0.05) is 45.0 Å². The molecule has 1 aromatic carbocycles. The van der Waals surface area contributed by atoms with Gasteiger partial charge in [-0.15, -0.1) is 0 Å². The van der Waals surface area contributed by atoms with E-state index in [0.717, 1.165) is 5.56 Å². The van der Waals surface area contributed by atoms with Crippen LogP contribution >= 0.6 is 0 Å². The van der Waals surface area contributed by atoms with Crippen LogP contribution < -0.4 is 0 Å². The quantitative estimate of drug-likeness (QED) is 0.847. The van der Waals surface area contributed by atoms with E-state index in [1.54, 1.807) is 0 Å². The molecule has 1 aliphatic heterocycles. The van der Waals surface area contributed by atoms with E-state index in [1.165, 1.54) is 10.5 Å². The molecule has 4 nitrogen and oxygen atoms in total. The highest BCUT2D eigenvalue weighted by molar-refractivity contribution is 5.66. The van der Waals surface area contributed by atoms with Gasteiger partial charge in [0.2, 0.25) is 0 Å². The molecule has 0 spiro atoms. The van der Waals surface area contributed by atoms with E-state index in [1.807, 2.05) is 12.1 Å². The summed E-state index contributed by atoms with van der Waals surface area (Å²) in [4.78, 5) is 12.8. The maximum atomic E-state index is 11.3. The Bertz CT molecular complexity index is 465. The lowest BCUT2D eigenvalue weighted by Crippen LogP contribution is -2.42. The lowest BCUT2D eigenvalue weighted by molar-refractivity contribution is -0.000931. The van der Waals surface area contributed by atoms with Gasteiger partial charge in [0.1, 0.15) is 0 Å². The molecule has 0 saturated carbocycles. The smallest absolute Gasteiger partial charge is 0.407 e. The number of ether oxygens (including phenoxy) is 1. The van der Waals surface area contributed by atoms with Crippen molar-refractivity contribution in [3.63, 3.8) is 0 Å². The van der Waals surface area contributed by atoms with Crippen LogP contribution in [0.4, 0.5) is 4.79 Å². The number of nitrogens with zero attached hydrogens (tertiary/aromatic N) is 1. The van der Waals surface area contributed by atoms with Crippen molar-refractivity contribution >= 4 is 6.09 Å². The first-order valence-electron chi connectivity index (χ1n) is 6.57. The molecule has 2 rings (SSSR count). The van der Waals surface area contributed by atoms with Gasteiger partial charge in [0.15, 0.2) is 0 Å². The third-order valence-electron chi connectivity index (χ3n) is 3.51. The Labute approximate surface area is 114 Å². The Kier molecular flexibility index (Phi) is 3.80. The average molecular weight is 263 g/mol. The summed E-state index contributed by atoms with van der Waals surface area (Å²) in [6.45, 7) is 7.79. The molecule has 1 amide bonds. The SMILES string of the molecule is CC(C)(C)c1cccc(C2COCCN2C(=O)O)c1. The minimum atomic E-state index is -0.880. The lowest BCUT2D eigenvalue weighted by Gasteiger charge is -2.34. The molecule has 1 aliphatic rings. The van der Waals surface area contributed by atoms with Crippen molar-refractivity contribution < 1.29 is 14.6 Å². The van der Waals surface area contributed by atoms with Gasteiger partial charge in [-0.05, 0) is 16.5 Å². The van der Waals surface area contributed by atoms with Crippen LogP contribution in [0.3, 0.4) is 0 Å². The normalized spacial score (nSPS) is 20.4. The van der Waals surface area contributed by atoms with Crippen molar-refractivity contribution in [3.05, 3.63) is 35.4 Å². The Morgan fingerprint density at radius 2 is 2.16 bits per heavy atom. The zero-order valence-electron chi connectivity index (χ0n) is 11.7. The third kappa shape index (κ3) is 3.07. The van der Waals surface area contributed by atoms with Gasteiger partial charge < -0.3 is 9.84 Å². The van der Waals surface area contributed by atoms with Crippen LogP contribution in [0.15, 0.2) is 24.3 Å². The van der Waals surface area contributed by atoms with Gasteiger partial charge in [-0.25, -0.2) is 4.79 Å². The van der Waals surface area contributed by atoms with E-state index in [2.05, 4.69) is 32.9 Å².